The van der Waals surface area contributed by atoms with Crippen molar-refractivity contribution in [1.29, 1.82) is 0 Å². The van der Waals surface area contributed by atoms with Crippen molar-refractivity contribution < 1.29 is 0 Å². The van der Waals surface area contributed by atoms with E-state index >= 15 is 0 Å². The van der Waals surface area contributed by atoms with Gasteiger partial charge in [0.15, 0.2) is 0 Å². The summed E-state index contributed by atoms with van der Waals surface area (Å²) in [5, 5.41) is 0. The summed E-state index contributed by atoms with van der Waals surface area (Å²) in [5.41, 5.74) is 17.0. The minimum absolute atomic E-state index is 0.521. The lowest BCUT2D eigenvalue weighted by Gasteiger charge is -2.37. The number of hydrogen-bond acceptors (Lipinski definition) is 1. The van der Waals surface area contributed by atoms with E-state index in [1.807, 2.05) is 0 Å². The summed E-state index contributed by atoms with van der Waals surface area (Å²) in [5.74, 6) is 0. The smallest absolute Gasteiger partial charge is 0.0714 e. The highest BCUT2D eigenvalue weighted by Gasteiger charge is 2.46. The molecule has 0 radical (unpaired) electrons. The Hall–Kier alpha value is -8.00. The van der Waals surface area contributed by atoms with E-state index in [0.717, 1.165) is 17.1 Å². The maximum atomic E-state index is 2.46. The molecule has 0 N–H and O–H groups in total. The molecule has 10 aromatic carbocycles. The lowest BCUT2D eigenvalue weighted by molar-refractivity contribution is 0.745. The van der Waals surface area contributed by atoms with Crippen LogP contribution in [0.2, 0.25) is 0 Å². The van der Waals surface area contributed by atoms with Gasteiger partial charge in [-0.15, -0.1) is 0 Å². The zero-order valence-electron chi connectivity index (χ0n) is 34.9. The Morgan fingerprint density at radius 3 is 1.24 bits per heavy atom. The highest BCUT2D eigenvalue weighted by atomic mass is 15.1. The van der Waals surface area contributed by atoms with Gasteiger partial charge in [-0.05, 0) is 103 Å². The minimum Gasteiger partial charge on any atom is -0.310 e. The maximum absolute atomic E-state index is 2.46. The molecule has 298 valence electrons. The first-order valence-electron chi connectivity index (χ1n) is 21.8. The third-order valence-corrected chi connectivity index (χ3v) is 13.1. The zero-order valence-corrected chi connectivity index (χ0v) is 34.9. The third-order valence-electron chi connectivity index (χ3n) is 13.1. The van der Waals surface area contributed by atoms with E-state index in [-0.39, 0.29) is 0 Å². The largest absolute Gasteiger partial charge is 0.310 e. The lowest BCUT2D eigenvalue weighted by atomic mass is 9.65. The van der Waals surface area contributed by atoms with Gasteiger partial charge in [-0.1, -0.05) is 237 Å². The fourth-order valence-corrected chi connectivity index (χ4v) is 10.4. The molecule has 0 fully saturated rings. The van der Waals surface area contributed by atoms with Gasteiger partial charge in [0.2, 0.25) is 0 Å². The average Bonchev–Trinajstić information content (AvgIpc) is 3.67. The number of nitrogens with zero attached hydrogens (tertiary/aromatic N) is 1. The van der Waals surface area contributed by atoms with E-state index in [1.165, 1.54) is 66.8 Å². The molecule has 1 aliphatic rings. The number of hydrogen-bond donors (Lipinski definition) is 0. The summed E-state index contributed by atoms with van der Waals surface area (Å²) in [6.45, 7) is 0. The van der Waals surface area contributed by atoms with E-state index < -0.39 is 10.8 Å². The first kappa shape index (κ1) is 38.0. The molecule has 0 saturated carbocycles. The number of benzene rings is 10. The second-order valence-corrected chi connectivity index (χ2v) is 16.4. The van der Waals surface area contributed by atoms with Crippen LogP contribution in [0.25, 0.3) is 22.3 Å². The Morgan fingerprint density at radius 2 is 0.683 bits per heavy atom. The molecule has 0 aliphatic heterocycles. The van der Waals surface area contributed by atoms with Gasteiger partial charge in [0.25, 0.3) is 0 Å². The van der Waals surface area contributed by atoms with Crippen LogP contribution in [0.15, 0.2) is 273 Å². The summed E-state index contributed by atoms with van der Waals surface area (Å²) in [4.78, 5) is 2.44. The number of fused-ring (bicyclic) bond motifs is 3. The van der Waals surface area contributed by atoms with Gasteiger partial charge in [0, 0.05) is 17.1 Å². The van der Waals surface area contributed by atoms with Crippen LogP contribution in [0, 0.1) is 0 Å². The van der Waals surface area contributed by atoms with Crippen molar-refractivity contribution >= 4 is 17.1 Å². The Bertz CT molecular complexity index is 2990. The first-order valence-corrected chi connectivity index (χ1v) is 21.8. The number of rotatable bonds is 10. The highest BCUT2D eigenvalue weighted by Crippen LogP contribution is 2.57. The van der Waals surface area contributed by atoms with Gasteiger partial charge >= 0.3 is 0 Å². The molecule has 0 unspecified atom stereocenters. The van der Waals surface area contributed by atoms with Crippen molar-refractivity contribution in [2.24, 2.45) is 0 Å². The van der Waals surface area contributed by atoms with Crippen LogP contribution < -0.4 is 4.90 Å². The molecule has 0 aromatic heterocycles. The Morgan fingerprint density at radius 1 is 0.270 bits per heavy atom. The molecule has 0 atom stereocenters. The topological polar surface area (TPSA) is 3.24 Å². The van der Waals surface area contributed by atoms with Gasteiger partial charge in [-0.3, -0.25) is 0 Å². The fraction of sp³-hybridized carbons (Fsp3) is 0.0323. The second-order valence-electron chi connectivity index (χ2n) is 16.4. The van der Waals surface area contributed by atoms with E-state index in [9.17, 15) is 0 Å². The minimum atomic E-state index is -0.551. The SMILES string of the molecule is c1ccc(-c2cccc(N(c3ccc(C(c4ccccc4)(c4ccccc4)c4ccccc4)cc3)c3ccc4c(c3)C(c3ccccc3)(c3ccccc3)c3ccccc3-4)c2)cc1. The first-order chi connectivity index (χ1) is 31.3. The van der Waals surface area contributed by atoms with E-state index in [2.05, 4.69) is 278 Å². The average molecular weight is 804 g/mol. The van der Waals surface area contributed by atoms with Crippen molar-refractivity contribution in [1.82, 2.24) is 0 Å². The lowest BCUT2D eigenvalue weighted by Crippen LogP contribution is -2.31. The van der Waals surface area contributed by atoms with Crippen molar-refractivity contribution in [3.8, 4) is 22.3 Å². The van der Waals surface area contributed by atoms with Crippen molar-refractivity contribution in [2.75, 3.05) is 4.90 Å². The Labute approximate surface area is 370 Å². The molecule has 0 amide bonds. The summed E-state index contributed by atoms with van der Waals surface area (Å²) >= 11 is 0. The van der Waals surface area contributed by atoms with E-state index in [4.69, 9.17) is 0 Å². The second kappa shape index (κ2) is 16.1. The van der Waals surface area contributed by atoms with Crippen molar-refractivity contribution in [3.63, 3.8) is 0 Å². The van der Waals surface area contributed by atoms with Gasteiger partial charge in [0.1, 0.15) is 0 Å². The van der Waals surface area contributed by atoms with Crippen LogP contribution in [0.4, 0.5) is 17.1 Å². The van der Waals surface area contributed by atoms with E-state index in [0.29, 0.717) is 0 Å². The maximum Gasteiger partial charge on any atom is 0.0714 e. The van der Waals surface area contributed by atoms with Crippen LogP contribution in [0.3, 0.4) is 0 Å². The summed E-state index contributed by atoms with van der Waals surface area (Å²) in [6, 6.07) is 100. The van der Waals surface area contributed by atoms with Gasteiger partial charge < -0.3 is 4.90 Å². The molecule has 63 heavy (non-hydrogen) atoms. The summed E-state index contributed by atoms with van der Waals surface area (Å²) in [7, 11) is 0. The van der Waals surface area contributed by atoms with Crippen molar-refractivity contribution in [3.05, 3.63) is 317 Å². The molecule has 11 rings (SSSR count). The molecular weight excluding hydrogens is 759 g/mol. The van der Waals surface area contributed by atoms with Gasteiger partial charge in [-0.2, -0.15) is 0 Å². The van der Waals surface area contributed by atoms with Gasteiger partial charge in [-0.25, -0.2) is 0 Å². The molecule has 0 spiro atoms. The highest BCUT2D eigenvalue weighted by molar-refractivity contribution is 5.90. The van der Waals surface area contributed by atoms with E-state index in [1.54, 1.807) is 0 Å². The Balaban J connectivity index is 1.15. The predicted molar refractivity (Wildman–Crippen MR) is 262 cm³/mol. The van der Waals surface area contributed by atoms with Crippen LogP contribution in [0.1, 0.15) is 44.5 Å². The Kier molecular flexibility index (Phi) is 9.71. The van der Waals surface area contributed by atoms with Crippen molar-refractivity contribution in [2.45, 2.75) is 10.8 Å². The molecule has 0 heterocycles. The van der Waals surface area contributed by atoms with Crippen LogP contribution in [0.5, 0.6) is 0 Å². The fourth-order valence-electron chi connectivity index (χ4n) is 10.4. The van der Waals surface area contributed by atoms with Crippen LogP contribution in [-0.4, -0.2) is 0 Å². The molecule has 1 heteroatoms. The third kappa shape index (κ3) is 6.32. The standard InChI is InChI=1S/C62H45N/c1-7-22-46(23-8-1)47-24-21-35-55(44-47)63(54-40-38-53(39-41-54)61(48-25-9-2-10-26-48,49-27-11-3-12-28-49)50-29-13-4-14-30-50)56-42-43-58-57-36-19-20-37-59(57)62(60(58)45-56,51-31-15-5-16-32-51)52-33-17-6-18-34-52/h1-45H. The molecule has 0 saturated heterocycles. The van der Waals surface area contributed by atoms with Crippen LogP contribution in [-0.2, 0) is 10.8 Å². The predicted octanol–water partition coefficient (Wildman–Crippen LogP) is 15.6. The summed E-state index contributed by atoms with van der Waals surface area (Å²) < 4.78 is 0. The molecule has 1 nitrogen and oxygen atoms in total. The molecule has 10 aromatic rings. The quantitative estimate of drug-likeness (QED) is 0.125. The number of anilines is 3. The molecule has 0 bridgehead atoms. The zero-order chi connectivity index (χ0) is 42.1. The normalized spacial score (nSPS) is 12.6. The molecular formula is C62H45N. The van der Waals surface area contributed by atoms with Gasteiger partial charge in [0.05, 0.1) is 10.8 Å². The summed E-state index contributed by atoms with van der Waals surface area (Å²) in [6.07, 6.45) is 0. The monoisotopic (exact) mass is 803 g/mol. The molecule has 1 aliphatic carbocycles. The van der Waals surface area contributed by atoms with Crippen LogP contribution >= 0.6 is 0 Å².